The van der Waals surface area contributed by atoms with Gasteiger partial charge in [0.05, 0.1) is 0 Å². The lowest BCUT2D eigenvalue weighted by atomic mass is 9.83. The van der Waals surface area contributed by atoms with Crippen LogP contribution in [0.25, 0.3) is 0 Å². The SMILES string of the molecule is C=C(/C=C(\C)C1CCCCC1)CCc1ccccc1. The van der Waals surface area contributed by atoms with Crippen LogP contribution in [0.4, 0.5) is 0 Å². The summed E-state index contributed by atoms with van der Waals surface area (Å²) in [5.41, 5.74) is 4.25. The van der Waals surface area contributed by atoms with Gasteiger partial charge in [0.1, 0.15) is 0 Å². The van der Waals surface area contributed by atoms with Crippen LogP contribution in [-0.2, 0) is 6.42 Å². The zero-order valence-electron chi connectivity index (χ0n) is 12.2. The zero-order chi connectivity index (χ0) is 13.5. The Bertz CT molecular complexity index is 419. The van der Waals surface area contributed by atoms with Crippen molar-refractivity contribution >= 4 is 0 Å². The lowest BCUT2D eigenvalue weighted by Gasteiger charge is -2.22. The molecular weight excluding hydrogens is 228 g/mol. The molecule has 1 fully saturated rings. The third-order valence-electron chi connectivity index (χ3n) is 4.26. The van der Waals surface area contributed by atoms with Crippen molar-refractivity contribution in [2.45, 2.75) is 51.9 Å². The quantitative estimate of drug-likeness (QED) is 0.591. The van der Waals surface area contributed by atoms with Crippen molar-refractivity contribution in [3.05, 3.63) is 59.7 Å². The number of benzene rings is 1. The second-order valence-corrected chi connectivity index (χ2v) is 5.87. The topological polar surface area (TPSA) is 0 Å². The highest BCUT2D eigenvalue weighted by molar-refractivity contribution is 5.24. The van der Waals surface area contributed by atoms with Crippen molar-refractivity contribution < 1.29 is 0 Å². The summed E-state index contributed by atoms with van der Waals surface area (Å²) in [7, 11) is 0. The Balaban J connectivity index is 1.82. The largest absolute Gasteiger partial charge is 0.0958 e. The van der Waals surface area contributed by atoms with E-state index in [1.54, 1.807) is 5.57 Å². The average Bonchev–Trinajstić information content (AvgIpc) is 2.47. The van der Waals surface area contributed by atoms with Crippen LogP contribution >= 0.6 is 0 Å². The predicted molar refractivity (Wildman–Crippen MR) is 84.2 cm³/mol. The van der Waals surface area contributed by atoms with Crippen molar-refractivity contribution in [3.63, 3.8) is 0 Å². The molecule has 0 bridgehead atoms. The van der Waals surface area contributed by atoms with Gasteiger partial charge in [0.2, 0.25) is 0 Å². The van der Waals surface area contributed by atoms with Crippen molar-refractivity contribution in [3.8, 4) is 0 Å². The van der Waals surface area contributed by atoms with Crippen LogP contribution in [-0.4, -0.2) is 0 Å². The van der Waals surface area contributed by atoms with E-state index in [0.29, 0.717) is 0 Å². The first-order valence-corrected chi connectivity index (χ1v) is 7.65. The molecule has 19 heavy (non-hydrogen) atoms. The summed E-state index contributed by atoms with van der Waals surface area (Å²) in [4.78, 5) is 0. The van der Waals surface area contributed by atoms with Gasteiger partial charge in [-0.05, 0) is 44.1 Å². The molecule has 0 aromatic heterocycles. The Morgan fingerprint density at radius 3 is 2.53 bits per heavy atom. The van der Waals surface area contributed by atoms with Crippen LogP contribution < -0.4 is 0 Å². The average molecular weight is 254 g/mol. The fourth-order valence-electron chi connectivity index (χ4n) is 3.02. The normalized spacial score (nSPS) is 17.4. The van der Waals surface area contributed by atoms with E-state index in [1.807, 2.05) is 0 Å². The highest BCUT2D eigenvalue weighted by Crippen LogP contribution is 2.30. The number of hydrogen-bond donors (Lipinski definition) is 0. The first kappa shape index (κ1) is 14.1. The van der Waals surface area contributed by atoms with Gasteiger partial charge in [0.25, 0.3) is 0 Å². The summed E-state index contributed by atoms with van der Waals surface area (Å²) < 4.78 is 0. The molecule has 0 heteroatoms. The van der Waals surface area contributed by atoms with Crippen molar-refractivity contribution in [2.75, 3.05) is 0 Å². The monoisotopic (exact) mass is 254 g/mol. The first-order valence-electron chi connectivity index (χ1n) is 7.65. The molecule has 0 unspecified atom stereocenters. The highest BCUT2D eigenvalue weighted by atomic mass is 14.2. The molecule has 0 N–H and O–H groups in total. The van der Waals surface area contributed by atoms with Gasteiger partial charge in [-0.1, -0.05) is 73.4 Å². The van der Waals surface area contributed by atoms with E-state index in [9.17, 15) is 0 Å². The molecule has 0 atom stereocenters. The van der Waals surface area contributed by atoms with Crippen LogP contribution in [0, 0.1) is 5.92 Å². The van der Waals surface area contributed by atoms with Crippen LogP contribution in [0.15, 0.2) is 54.1 Å². The second-order valence-electron chi connectivity index (χ2n) is 5.87. The summed E-state index contributed by atoms with van der Waals surface area (Å²) >= 11 is 0. The van der Waals surface area contributed by atoms with Gasteiger partial charge in [-0.25, -0.2) is 0 Å². The first-order chi connectivity index (χ1) is 9.25. The molecule has 0 amide bonds. The van der Waals surface area contributed by atoms with E-state index in [4.69, 9.17) is 0 Å². The second kappa shape index (κ2) is 7.33. The lowest BCUT2D eigenvalue weighted by molar-refractivity contribution is 0.403. The van der Waals surface area contributed by atoms with Gasteiger partial charge >= 0.3 is 0 Å². The molecular formula is C19H26. The Hall–Kier alpha value is -1.30. The van der Waals surface area contributed by atoms with E-state index in [0.717, 1.165) is 18.8 Å². The van der Waals surface area contributed by atoms with E-state index in [-0.39, 0.29) is 0 Å². The minimum Gasteiger partial charge on any atom is -0.0958 e. The third kappa shape index (κ3) is 4.70. The summed E-state index contributed by atoms with van der Waals surface area (Å²) in [6, 6.07) is 10.7. The van der Waals surface area contributed by atoms with Crippen molar-refractivity contribution in [1.29, 1.82) is 0 Å². The smallest absolute Gasteiger partial charge is 0.0203 e. The molecule has 0 aliphatic heterocycles. The number of rotatable bonds is 5. The van der Waals surface area contributed by atoms with E-state index >= 15 is 0 Å². The van der Waals surface area contributed by atoms with E-state index < -0.39 is 0 Å². The maximum absolute atomic E-state index is 4.23. The molecule has 1 saturated carbocycles. The predicted octanol–water partition coefficient (Wildman–Crippen LogP) is 5.70. The third-order valence-corrected chi connectivity index (χ3v) is 4.26. The molecule has 0 saturated heterocycles. The van der Waals surface area contributed by atoms with Crippen LogP contribution in [0.3, 0.4) is 0 Å². The van der Waals surface area contributed by atoms with Crippen LogP contribution in [0.1, 0.15) is 51.0 Å². The van der Waals surface area contributed by atoms with Gasteiger partial charge in [0.15, 0.2) is 0 Å². The minimum atomic E-state index is 0.822. The molecule has 0 nitrogen and oxygen atoms in total. The summed E-state index contributed by atoms with van der Waals surface area (Å²) in [5, 5.41) is 0. The number of hydrogen-bond acceptors (Lipinski definition) is 0. The van der Waals surface area contributed by atoms with Crippen LogP contribution in [0.2, 0.25) is 0 Å². The van der Waals surface area contributed by atoms with Gasteiger partial charge in [-0.15, -0.1) is 0 Å². The van der Waals surface area contributed by atoms with E-state index in [1.165, 1.54) is 43.2 Å². The summed E-state index contributed by atoms with van der Waals surface area (Å²) in [5.74, 6) is 0.822. The highest BCUT2D eigenvalue weighted by Gasteiger charge is 2.14. The Labute approximate surface area is 118 Å². The standard InChI is InChI=1S/C19H26/c1-16(13-14-18-9-5-3-6-10-18)15-17(2)19-11-7-4-8-12-19/h3,5-6,9-10,15,19H,1,4,7-8,11-14H2,2H3/b17-15+. The number of allylic oxidation sites excluding steroid dienone is 3. The van der Waals surface area contributed by atoms with Gasteiger partial charge in [0, 0.05) is 0 Å². The fourth-order valence-corrected chi connectivity index (χ4v) is 3.02. The number of aryl methyl sites for hydroxylation is 1. The van der Waals surface area contributed by atoms with Gasteiger partial charge in [-0.2, -0.15) is 0 Å². The fraction of sp³-hybridized carbons (Fsp3) is 0.474. The lowest BCUT2D eigenvalue weighted by Crippen LogP contribution is -2.07. The minimum absolute atomic E-state index is 0.822. The zero-order valence-corrected chi connectivity index (χ0v) is 12.2. The molecule has 1 aromatic rings. The Kier molecular flexibility index (Phi) is 5.44. The summed E-state index contributed by atoms with van der Waals surface area (Å²) in [6.45, 7) is 6.52. The molecule has 2 rings (SSSR count). The van der Waals surface area contributed by atoms with E-state index in [2.05, 4.69) is 49.9 Å². The maximum Gasteiger partial charge on any atom is -0.0203 e. The Morgan fingerprint density at radius 2 is 1.84 bits per heavy atom. The summed E-state index contributed by atoms with van der Waals surface area (Å²) in [6.07, 6.45) is 11.5. The maximum atomic E-state index is 4.23. The molecule has 102 valence electrons. The van der Waals surface area contributed by atoms with Gasteiger partial charge < -0.3 is 0 Å². The molecule has 1 aliphatic rings. The van der Waals surface area contributed by atoms with Crippen LogP contribution in [0.5, 0.6) is 0 Å². The van der Waals surface area contributed by atoms with Gasteiger partial charge in [-0.3, -0.25) is 0 Å². The van der Waals surface area contributed by atoms with Crippen molar-refractivity contribution in [1.82, 2.24) is 0 Å². The Morgan fingerprint density at radius 1 is 1.16 bits per heavy atom. The van der Waals surface area contributed by atoms with Crippen molar-refractivity contribution in [2.24, 2.45) is 5.92 Å². The molecule has 0 radical (unpaired) electrons. The molecule has 1 aliphatic carbocycles. The molecule has 1 aromatic carbocycles. The molecule has 0 heterocycles. The molecule has 0 spiro atoms.